The van der Waals surface area contributed by atoms with E-state index in [-0.39, 0.29) is 40.7 Å². The predicted octanol–water partition coefficient (Wildman–Crippen LogP) is 5.93. The first-order chi connectivity index (χ1) is 20.1. The Morgan fingerprint density at radius 2 is 1.63 bits per heavy atom. The van der Waals surface area contributed by atoms with Crippen LogP contribution >= 0.6 is 24.0 Å². The van der Waals surface area contributed by atoms with Crippen LogP contribution in [0.5, 0.6) is 0 Å². The first-order valence-corrected chi connectivity index (χ1v) is 16.6. The van der Waals surface area contributed by atoms with E-state index in [1.807, 2.05) is 35.2 Å². The molecule has 43 heavy (non-hydrogen) atoms. The van der Waals surface area contributed by atoms with E-state index in [9.17, 15) is 18.0 Å². The molecule has 0 aliphatic carbocycles. The number of nitrogens with one attached hydrogen (secondary N) is 2. The maximum atomic E-state index is 13.5. The van der Waals surface area contributed by atoms with Crippen LogP contribution in [0.3, 0.4) is 0 Å². The second-order valence-corrected chi connectivity index (χ2v) is 13.8. The van der Waals surface area contributed by atoms with Gasteiger partial charge in [0.25, 0.3) is 0 Å². The van der Waals surface area contributed by atoms with Gasteiger partial charge in [0.1, 0.15) is 0 Å². The molecule has 2 saturated heterocycles. The third-order valence-corrected chi connectivity index (χ3v) is 9.83. The summed E-state index contributed by atoms with van der Waals surface area (Å²) in [4.78, 5) is 30.9. The number of likely N-dealkylation sites (tertiary alicyclic amines) is 2. The molecule has 3 aromatic carbocycles. The lowest BCUT2D eigenvalue weighted by Gasteiger charge is -2.38. The van der Waals surface area contributed by atoms with E-state index in [2.05, 4.69) is 15.5 Å². The second-order valence-electron chi connectivity index (χ2n) is 11.4. The Hall–Kier alpha value is -3.11. The summed E-state index contributed by atoms with van der Waals surface area (Å²) in [5.41, 5.74) is 2.29. The van der Waals surface area contributed by atoms with Crippen molar-refractivity contribution in [3.8, 4) is 0 Å². The molecule has 8 nitrogen and oxygen atoms in total. The molecule has 230 valence electrons. The Bertz CT molecular complexity index is 1510. The molecule has 1 unspecified atom stereocenters. The fraction of sp³-hybridized carbons (Fsp3) is 0.375. The van der Waals surface area contributed by atoms with Crippen LogP contribution in [0, 0.1) is 5.41 Å². The number of rotatable bonds is 9. The van der Waals surface area contributed by atoms with Gasteiger partial charge in [-0.25, -0.2) is 13.2 Å². The monoisotopic (exact) mass is 644 g/mol. The van der Waals surface area contributed by atoms with Gasteiger partial charge in [-0.1, -0.05) is 60.1 Å². The summed E-state index contributed by atoms with van der Waals surface area (Å²) in [6.07, 6.45) is 4.41. The van der Waals surface area contributed by atoms with Gasteiger partial charge in [0.05, 0.1) is 16.4 Å². The van der Waals surface area contributed by atoms with Gasteiger partial charge in [-0.2, -0.15) is 0 Å². The molecule has 1 atom stereocenters. The van der Waals surface area contributed by atoms with Gasteiger partial charge < -0.3 is 20.4 Å². The topological polar surface area (TPSA) is 98.8 Å². The number of sulfone groups is 1. The van der Waals surface area contributed by atoms with Crippen molar-refractivity contribution in [2.45, 2.75) is 43.2 Å². The molecule has 0 saturated carbocycles. The number of urea groups is 1. The highest BCUT2D eigenvalue weighted by molar-refractivity contribution is 7.90. The van der Waals surface area contributed by atoms with E-state index < -0.39 is 9.84 Å². The minimum Gasteiger partial charge on any atom is -0.338 e. The SMILES string of the molecule is CS(=O)(=O)c1ccc(CN2CCC3(CCN(CCC(NC(=O)Nc4cccc(Cl)c4)c4ccccc4)CC3)C2=O)cc1.Cl. The van der Waals surface area contributed by atoms with Gasteiger partial charge in [-0.05, 0) is 80.2 Å². The predicted molar refractivity (Wildman–Crippen MR) is 172 cm³/mol. The molecule has 2 fully saturated rings. The zero-order valence-electron chi connectivity index (χ0n) is 24.2. The Morgan fingerprint density at radius 3 is 2.28 bits per heavy atom. The summed E-state index contributed by atoms with van der Waals surface area (Å²) in [6, 6.07) is 23.4. The first-order valence-electron chi connectivity index (χ1n) is 14.3. The summed E-state index contributed by atoms with van der Waals surface area (Å²) in [5.74, 6) is 0.204. The number of halogens is 2. The quantitative estimate of drug-likeness (QED) is 0.301. The fourth-order valence-corrected chi connectivity index (χ4v) is 6.81. The van der Waals surface area contributed by atoms with Crippen molar-refractivity contribution in [1.29, 1.82) is 0 Å². The molecule has 2 heterocycles. The number of nitrogens with zero attached hydrogens (tertiary/aromatic N) is 2. The van der Waals surface area contributed by atoms with Gasteiger partial charge >= 0.3 is 6.03 Å². The van der Waals surface area contributed by atoms with E-state index in [0.717, 1.165) is 56.4 Å². The van der Waals surface area contributed by atoms with Crippen molar-refractivity contribution in [3.05, 3.63) is 95.0 Å². The molecule has 0 radical (unpaired) electrons. The van der Waals surface area contributed by atoms with Crippen LogP contribution in [0.1, 0.15) is 42.9 Å². The van der Waals surface area contributed by atoms with E-state index in [1.165, 1.54) is 6.26 Å². The van der Waals surface area contributed by atoms with Gasteiger partial charge in [0.15, 0.2) is 9.84 Å². The highest BCUT2D eigenvalue weighted by atomic mass is 35.5. The third kappa shape index (κ3) is 8.29. The molecular weight excluding hydrogens is 607 g/mol. The lowest BCUT2D eigenvalue weighted by atomic mass is 9.77. The zero-order chi connectivity index (χ0) is 29.7. The van der Waals surface area contributed by atoms with Gasteiger partial charge in [-0.3, -0.25) is 4.79 Å². The van der Waals surface area contributed by atoms with Crippen molar-refractivity contribution < 1.29 is 18.0 Å². The van der Waals surface area contributed by atoms with E-state index in [4.69, 9.17) is 11.6 Å². The Labute approximate surface area is 265 Å². The van der Waals surface area contributed by atoms with Crippen LogP contribution in [-0.2, 0) is 21.2 Å². The van der Waals surface area contributed by atoms with Crippen LogP contribution in [0.4, 0.5) is 10.5 Å². The number of benzene rings is 3. The number of carbonyl (C=O) groups excluding carboxylic acids is 2. The molecule has 0 aromatic heterocycles. The number of piperidine rings is 1. The lowest BCUT2D eigenvalue weighted by molar-refractivity contribution is -0.138. The van der Waals surface area contributed by atoms with E-state index >= 15 is 0 Å². The van der Waals surface area contributed by atoms with Gasteiger partial charge in [0, 0.05) is 36.6 Å². The third-order valence-electron chi connectivity index (χ3n) is 8.46. The van der Waals surface area contributed by atoms with Crippen LogP contribution in [0.2, 0.25) is 5.02 Å². The Kier molecular flexibility index (Phi) is 10.8. The molecular formula is C32H38Cl2N4O4S. The van der Waals surface area contributed by atoms with E-state index in [1.54, 1.807) is 48.5 Å². The number of amides is 3. The highest BCUT2D eigenvalue weighted by Gasteiger charge is 2.47. The van der Waals surface area contributed by atoms with Crippen molar-refractivity contribution in [2.75, 3.05) is 37.8 Å². The average Bonchev–Trinajstić information content (AvgIpc) is 3.26. The van der Waals surface area contributed by atoms with Gasteiger partial charge in [0.2, 0.25) is 5.91 Å². The zero-order valence-corrected chi connectivity index (χ0v) is 26.6. The molecule has 1 spiro atoms. The summed E-state index contributed by atoms with van der Waals surface area (Å²) in [5, 5.41) is 6.55. The van der Waals surface area contributed by atoms with Crippen molar-refractivity contribution in [3.63, 3.8) is 0 Å². The first kappa shape index (κ1) is 32.8. The molecule has 0 bridgehead atoms. The standard InChI is InChI=1S/C32H37ClN4O4S.ClH/c1-42(40,41)28-12-10-24(11-13-28)23-37-21-17-32(30(37)38)15-19-36(20-16-32)18-14-29(25-6-3-2-4-7-25)35-31(39)34-27-9-5-8-26(33)22-27;/h2-13,22,29H,14-21,23H2,1H3,(H2,34,35,39);1H. The summed E-state index contributed by atoms with van der Waals surface area (Å²) >= 11 is 6.06. The van der Waals surface area contributed by atoms with Crippen LogP contribution < -0.4 is 10.6 Å². The lowest BCUT2D eigenvalue weighted by Crippen LogP contribution is -2.45. The van der Waals surface area contributed by atoms with Crippen molar-refractivity contribution in [1.82, 2.24) is 15.1 Å². The summed E-state index contributed by atoms with van der Waals surface area (Å²) in [6.45, 7) is 3.68. The molecule has 2 aliphatic heterocycles. The maximum Gasteiger partial charge on any atom is 0.319 e. The Morgan fingerprint density at radius 1 is 0.953 bits per heavy atom. The van der Waals surface area contributed by atoms with Crippen LogP contribution in [-0.4, -0.2) is 62.6 Å². The van der Waals surface area contributed by atoms with Crippen molar-refractivity contribution >= 4 is 51.5 Å². The largest absolute Gasteiger partial charge is 0.338 e. The molecule has 3 amide bonds. The summed E-state index contributed by atoms with van der Waals surface area (Å²) < 4.78 is 23.5. The number of hydrogen-bond acceptors (Lipinski definition) is 5. The smallest absolute Gasteiger partial charge is 0.319 e. The number of anilines is 1. The second kappa shape index (κ2) is 14.1. The van der Waals surface area contributed by atoms with Crippen LogP contribution in [0.25, 0.3) is 0 Å². The normalized spacial score (nSPS) is 17.3. The number of carbonyl (C=O) groups is 2. The molecule has 2 N–H and O–H groups in total. The van der Waals surface area contributed by atoms with E-state index in [0.29, 0.717) is 23.8 Å². The summed E-state index contributed by atoms with van der Waals surface area (Å²) in [7, 11) is -3.25. The minimum atomic E-state index is -3.25. The highest BCUT2D eigenvalue weighted by Crippen LogP contribution is 2.42. The Balaban J connectivity index is 0.00000423. The fourth-order valence-electron chi connectivity index (χ4n) is 5.99. The average molecular weight is 646 g/mol. The minimum absolute atomic E-state index is 0. The molecule has 2 aliphatic rings. The van der Waals surface area contributed by atoms with Crippen LogP contribution in [0.15, 0.2) is 83.8 Å². The van der Waals surface area contributed by atoms with Gasteiger partial charge in [-0.15, -0.1) is 12.4 Å². The molecule has 5 rings (SSSR count). The van der Waals surface area contributed by atoms with Crippen molar-refractivity contribution in [2.24, 2.45) is 5.41 Å². The molecule has 11 heteroatoms. The number of hydrogen-bond donors (Lipinski definition) is 2. The maximum absolute atomic E-state index is 13.5. The molecule has 3 aromatic rings.